The van der Waals surface area contributed by atoms with Crippen molar-refractivity contribution in [2.24, 2.45) is 5.16 Å². The van der Waals surface area contributed by atoms with E-state index in [0.29, 0.717) is 0 Å². The molecular weight excluding hydrogens is 216 g/mol. The number of nitro groups is 1. The predicted octanol–water partition coefficient (Wildman–Crippen LogP) is 1.51. The first-order valence-corrected chi connectivity index (χ1v) is 4.41. The summed E-state index contributed by atoms with van der Waals surface area (Å²) in [6.45, 7) is 1.93. The Hall–Kier alpha value is -2.31. The Labute approximate surface area is 90.7 Å². The average Bonchev–Trinajstić information content (AvgIpc) is 2.23. The van der Waals surface area contributed by atoms with Gasteiger partial charge >= 0.3 is 5.69 Å². The molecule has 0 aliphatic carbocycles. The lowest BCUT2D eigenvalue weighted by Crippen LogP contribution is -1.97. The number of ether oxygens (including phenoxy) is 1. The number of phenolic OH excluding ortho intramolecular Hbond substituents is 1. The van der Waals surface area contributed by atoms with Gasteiger partial charge in [0, 0.05) is 11.6 Å². The second-order valence-electron chi connectivity index (χ2n) is 2.82. The van der Waals surface area contributed by atoms with Crippen molar-refractivity contribution in [2.45, 2.75) is 6.92 Å². The largest absolute Gasteiger partial charge is 0.500 e. The molecule has 86 valence electrons. The molecular formula is C9H10N2O5. The average molecular weight is 226 g/mol. The van der Waals surface area contributed by atoms with Gasteiger partial charge in [0.15, 0.2) is 5.75 Å². The molecule has 0 amide bonds. The molecule has 1 rings (SSSR count). The number of hydrogen-bond donors (Lipinski definition) is 2. The van der Waals surface area contributed by atoms with Gasteiger partial charge in [-0.15, -0.1) is 0 Å². The van der Waals surface area contributed by atoms with E-state index in [4.69, 9.17) is 9.94 Å². The summed E-state index contributed by atoms with van der Waals surface area (Å²) in [4.78, 5) is 9.87. The normalized spacial score (nSPS) is 10.6. The van der Waals surface area contributed by atoms with Crippen molar-refractivity contribution in [3.63, 3.8) is 0 Å². The van der Waals surface area contributed by atoms with Crippen LogP contribution in [0.15, 0.2) is 17.3 Å². The molecule has 16 heavy (non-hydrogen) atoms. The molecule has 7 heteroatoms. The number of hydrogen-bond acceptors (Lipinski definition) is 6. The molecule has 0 atom stereocenters. The number of rotatable bonds is 4. The summed E-state index contributed by atoms with van der Waals surface area (Å²) in [5.41, 5.74) is -0.240. The zero-order valence-electron chi connectivity index (χ0n) is 8.45. The van der Waals surface area contributed by atoms with Crippen LogP contribution in [-0.4, -0.2) is 28.1 Å². The maximum atomic E-state index is 10.6. The lowest BCUT2D eigenvalue weighted by atomic mass is 10.2. The van der Waals surface area contributed by atoms with E-state index in [2.05, 4.69) is 5.16 Å². The summed E-state index contributed by atoms with van der Waals surface area (Å²) in [6.07, 6.45) is 1.01. The van der Waals surface area contributed by atoms with Gasteiger partial charge in [0.25, 0.3) is 0 Å². The molecule has 0 unspecified atom stereocenters. The number of benzene rings is 1. The monoisotopic (exact) mass is 226 g/mol. The van der Waals surface area contributed by atoms with E-state index in [-0.39, 0.29) is 17.9 Å². The minimum absolute atomic E-state index is 0.0217. The third kappa shape index (κ3) is 2.38. The highest BCUT2D eigenvalue weighted by molar-refractivity contribution is 5.82. The Morgan fingerprint density at radius 1 is 1.62 bits per heavy atom. The van der Waals surface area contributed by atoms with E-state index in [0.717, 1.165) is 12.3 Å². The molecule has 0 aliphatic rings. The second-order valence-corrected chi connectivity index (χ2v) is 2.82. The van der Waals surface area contributed by atoms with Crippen molar-refractivity contribution in [3.8, 4) is 11.5 Å². The SMILES string of the molecule is CCOc1cc(C=NO)cc([N+](=O)[O-])c1O. The molecule has 1 aromatic carbocycles. The fraction of sp³-hybridized carbons (Fsp3) is 0.222. The van der Waals surface area contributed by atoms with Crippen LogP contribution in [0.2, 0.25) is 0 Å². The Morgan fingerprint density at radius 2 is 2.31 bits per heavy atom. The minimum Gasteiger partial charge on any atom is -0.500 e. The highest BCUT2D eigenvalue weighted by atomic mass is 16.6. The number of phenols is 1. The lowest BCUT2D eigenvalue weighted by Gasteiger charge is -2.06. The molecule has 0 aromatic heterocycles. The molecule has 0 saturated heterocycles. The Bertz CT molecular complexity index is 430. The first-order valence-electron chi connectivity index (χ1n) is 4.41. The summed E-state index contributed by atoms with van der Waals surface area (Å²) in [6, 6.07) is 2.42. The van der Waals surface area contributed by atoms with Crippen LogP contribution in [0.25, 0.3) is 0 Å². The molecule has 0 saturated carbocycles. The number of nitrogens with zero attached hydrogens (tertiary/aromatic N) is 2. The van der Waals surface area contributed by atoms with Crippen LogP contribution in [0.1, 0.15) is 12.5 Å². The van der Waals surface area contributed by atoms with Crippen LogP contribution in [-0.2, 0) is 0 Å². The topological polar surface area (TPSA) is 105 Å². The van der Waals surface area contributed by atoms with E-state index in [1.165, 1.54) is 6.07 Å². The zero-order valence-corrected chi connectivity index (χ0v) is 8.45. The van der Waals surface area contributed by atoms with Crippen molar-refractivity contribution in [1.29, 1.82) is 0 Å². The third-order valence-electron chi connectivity index (χ3n) is 1.78. The van der Waals surface area contributed by atoms with Gasteiger partial charge in [-0.05, 0) is 13.0 Å². The van der Waals surface area contributed by atoms with E-state index in [9.17, 15) is 15.2 Å². The number of aromatic hydroxyl groups is 1. The third-order valence-corrected chi connectivity index (χ3v) is 1.78. The van der Waals surface area contributed by atoms with E-state index in [1.807, 2.05) is 0 Å². The van der Waals surface area contributed by atoms with Crippen LogP contribution >= 0.6 is 0 Å². The summed E-state index contributed by atoms with van der Waals surface area (Å²) in [5.74, 6) is -0.562. The zero-order chi connectivity index (χ0) is 12.1. The Balaban J connectivity index is 3.32. The minimum atomic E-state index is -0.743. The fourth-order valence-electron chi connectivity index (χ4n) is 1.16. The summed E-state index contributed by atoms with van der Waals surface area (Å²) in [7, 11) is 0. The van der Waals surface area contributed by atoms with Crippen molar-refractivity contribution < 1.29 is 20.0 Å². The van der Waals surface area contributed by atoms with Crippen LogP contribution in [0.3, 0.4) is 0 Å². The molecule has 0 fully saturated rings. The molecule has 0 heterocycles. The quantitative estimate of drug-likeness (QED) is 0.350. The summed E-state index contributed by atoms with van der Waals surface area (Å²) in [5, 5.41) is 31.2. The van der Waals surface area contributed by atoms with Gasteiger partial charge in [-0.2, -0.15) is 0 Å². The first-order chi connectivity index (χ1) is 7.60. The van der Waals surface area contributed by atoms with Gasteiger partial charge in [0.2, 0.25) is 5.75 Å². The molecule has 7 nitrogen and oxygen atoms in total. The van der Waals surface area contributed by atoms with E-state index < -0.39 is 16.4 Å². The summed E-state index contributed by atoms with van der Waals surface area (Å²) < 4.78 is 5.02. The molecule has 1 aromatic rings. The Kier molecular flexibility index (Phi) is 3.65. The Morgan fingerprint density at radius 3 is 2.81 bits per heavy atom. The molecule has 0 radical (unpaired) electrons. The molecule has 0 bridgehead atoms. The second kappa shape index (κ2) is 4.96. The van der Waals surface area contributed by atoms with E-state index >= 15 is 0 Å². The van der Waals surface area contributed by atoms with Gasteiger partial charge in [-0.25, -0.2) is 0 Å². The van der Waals surface area contributed by atoms with Crippen LogP contribution in [0, 0.1) is 10.1 Å². The van der Waals surface area contributed by atoms with Crippen LogP contribution < -0.4 is 4.74 Å². The first kappa shape index (κ1) is 11.8. The van der Waals surface area contributed by atoms with Gasteiger partial charge in [-0.1, -0.05) is 5.16 Å². The van der Waals surface area contributed by atoms with Gasteiger partial charge in [0.1, 0.15) is 0 Å². The standard InChI is InChI=1S/C9H10N2O5/c1-2-16-8-4-6(5-10-13)3-7(9(8)12)11(14)15/h3-5,12-13H,2H2,1H3. The lowest BCUT2D eigenvalue weighted by molar-refractivity contribution is -0.386. The maximum absolute atomic E-state index is 10.6. The van der Waals surface area contributed by atoms with Crippen molar-refractivity contribution >= 4 is 11.9 Å². The molecule has 2 N–H and O–H groups in total. The maximum Gasteiger partial charge on any atom is 0.315 e. The number of nitro benzene ring substituents is 1. The molecule has 0 spiro atoms. The van der Waals surface area contributed by atoms with Crippen molar-refractivity contribution in [3.05, 3.63) is 27.8 Å². The van der Waals surface area contributed by atoms with Crippen LogP contribution in [0.4, 0.5) is 5.69 Å². The summed E-state index contributed by atoms with van der Waals surface area (Å²) >= 11 is 0. The van der Waals surface area contributed by atoms with Crippen molar-refractivity contribution in [2.75, 3.05) is 6.61 Å². The van der Waals surface area contributed by atoms with Gasteiger partial charge < -0.3 is 15.1 Å². The van der Waals surface area contributed by atoms with Gasteiger partial charge in [0.05, 0.1) is 17.7 Å². The highest BCUT2D eigenvalue weighted by Crippen LogP contribution is 2.36. The predicted molar refractivity (Wildman–Crippen MR) is 55.3 cm³/mol. The van der Waals surface area contributed by atoms with Gasteiger partial charge in [-0.3, -0.25) is 10.1 Å². The molecule has 0 aliphatic heterocycles. The van der Waals surface area contributed by atoms with Crippen molar-refractivity contribution in [1.82, 2.24) is 0 Å². The van der Waals surface area contributed by atoms with E-state index in [1.54, 1.807) is 6.92 Å². The number of oxime groups is 1. The fourth-order valence-corrected chi connectivity index (χ4v) is 1.16. The smallest absolute Gasteiger partial charge is 0.315 e. The highest BCUT2D eigenvalue weighted by Gasteiger charge is 2.19. The van der Waals surface area contributed by atoms with Crippen LogP contribution in [0.5, 0.6) is 11.5 Å².